The van der Waals surface area contributed by atoms with Crippen molar-refractivity contribution in [1.29, 1.82) is 0 Å². The normalized spacial score (nSPS) is 10.8. The van der Waals surface area contributed by atoms with Crippen LogP contribution in [0, 0.1) is 0 Å². The van der Waals surface area contributed by atoms with Crippen LogP contribution in [0.2, 0.25) is 0 Å². The van der Waals surface area contributed by atoms with Crippen molar-refractivity contribution in [3.05, 3.63) is 35.9 Å². The third-order valence-electron chi connectivity index (χ3n) is 4.57. The average Bonchev–Trinajstić information content (AvgIpc) is 2.49. The second-order valence-electron chi connectivity index (χ2n) is 7.49. The molecule has 1 rings (SSSR count). The Labute approximate surface area is 179 Å². The second-order valence-corrected chi connectivity index (χ2v) is 7.49. The third-order valence-corrected chi connectivity index (χ3v) is 4.57. The third kappa shape index (κ3) is 14.8. The van der Waals surface area contributed by atoms with E-state index in [0.717, 1.165) is 11.0 Å². The molecule has 0 aliphatic heterocycles. The van der Waals surface area contributed by atoms with Gasteiger partial charge in [-0.15, -0.1) is 12.4 Å². The quantitative estimate of drug-likeness (QED) is 0.230. The number of quaternary nitrogens is 1. The SMILES string of the molecule is CCCCCCCCCCCC[N+](C)(C)Cc1ccccc1.Cl.[NaH]. The van der Waals surface area contributed by atoms with Gasteiger partial charge in [-0.25, -0.2) is 0 Å². The predicted molar refractivity (Wildman–Crippen MR) is 113 cm³/mol. The Kier molecular flexibility index (Phi) is 18.8. The van der Waals surface area contributed by atoms with E-state index >= 15 is 0 Å². The van der Waals surface area contributed by atoms with Crippen LogP contribution in [-0.4, -0.2) is 54.7 Å². The Bertz CT molecular complexity index is 367. The summed E-state index contributed by atoms with van der Waals surface area (Å²) in [6.07, 6.45) is 14.2. The van der Waals surface area contributed by atoms with E-state index in [-0.39, 0.29) is 42.0 Å². The van der Waals surface area contributed by atoms with Crippen molar-refractivity contribution in [3.63, 3.8) is 0 Å². The van der Waals surface area contributed by atoms with E-state index in [1.54, 1.807) is 0 Å². The number of nitrogens with zero attached hydrogens (tertiary/aromatic N) is 1. The molecule has 136 valence electrons. The molecule has 1 aromatic rings. The maximum atomic E-state index is 2.36. The molecule has 3 heteroatoms. The topological polar surface area (TPSA) is 0 Å². The van der Waals surface area contributed by atoms with Crippen molar-refractivity contribution in [1.82, 2.24) is 0 Å². The van der Waals surface area contributed by atoms with Crippen molar-refractivity contribution < 1.29 is 4.48 Å². The number of hydrogen-bond donors (Lipinski definition) is 0. The number of halogens is 1. The van der Waals surface area contributed by atoms with Crippen LogP contribution < -0.4 is 0 Å². The van der Waals surface area contributed by atoms with E-state index in [2.05, 4.69) is 51.4 Å². The number of rotatable bonds is 13. The first-order valence-electron chi connectivity index (χ1n) is 9.50. The summed E-state index contributed by atoms with van der Waals surface area (Å²) in [5, 5.41) is 0. The van der Waals surface area contributed by atoms with Gasteiger partial charge in [0.15, 0.2) is 0 Å². The van der Waals surface area contributed by atoms with Crippen LogP contribution in [-0.2, 0) is 6.54 Å². The molecule has 0 saturated carbocycles. The summed E-state index contributed by atoms with van der Waals surface area (Å²) in [7, 11) is 4.72. The van der Waals surface area contributed by atoms with Crippen LogP contribution in [0.25, 0.3) is 0 Å². The van der Waals surface area contributed by atoms with Crippen LogP contribution in [0.4, 0.5) is 0 Å². The molecule has 1 nitrogen and oxygen atoms in total. The molecule has 1 aromatic carbocycles. The van der Waals surface area contributed by atoms with Gasteiger partial charge in [-0.05, 0) is 12.8 Å². The summed E-state index contributed by atoms with van der Waals surface area (Å²) >= 11 is 0. The Morgan fingerprint density at radius 2 is 1.17 bits per heavy atom. The first kappa shape index (κ1) is 26.7. The van der Waals surface area contributed by atoms with Gasteiger partial charge in [0.05, 0.1) is 20.6 Å². The van der Waals surface area contributed by atoms with Gasteiger partial charge in [-0.3, -0.25) is 0 Å². The molecule has 0 bridgehead atoms. The summed E-state index contributed by atoms with van der Waals surface area (Å²) in [5.74, 6) is 0. The van der Waals surface area contributed by atoms with Gasteiger partial charge in [0.2, 0.25) is 0 Å². The first-order chi connectivity index (χ1) is 10.6. The van der Waals surface area contributed by atoms with Crippen molar-refractivity contribution in [2.75, 3.05) is 20.6 Å². The van der Waals surface area contributed by atoms with Crippen LogP contribution in [0.1, 0.15) is 76.7 Å². The van der Waals surface area contributed by atoms with E-state index in [0.29, 0.717) is 0 Å². The molecule has 0 aliphatic carbocycles. The average molecular weight is 365 g/mol. The van der Waals surface area contributed by atoms with Gasteiger partial charge in [-0.1, -0.05) is 88.6 Å². The maximum absolute atomic E-state index is 2.36. The Morgan fingerprint density at radius 3 is 1.67 bits per heavy atom. The van der Waals surface area contributed by atoms with Gasteiger partial charge in [-0.2, -0.15) is 0 Å². The predicted octanol–water partition coefficient (Wildman–Crippen LogP) is 5.96. The zero-order chi connectivity index (χ0) is 16.1. The summed E-state index contributed by atoms with van der Waals surface area (Å²) < 4.78 is 1.11. The molecule has 0 fully saturated rings. The fourth-order valence-corrected chi connectivity index (χ4v) is 3.18. The Hall–Kier alpha value is 0.470. The fraction of sp³-hybridized carbons (Fsp3) is 0.714. The molecule has 0 saturated heterocycles. The molecule has 0 aromatic heterocycles. The molecule has 0 heterocycles. The van der Waals surface area contributed by atoms with Crippen LogP contribution >= 0.6 is 12.4 Å². The molecule has 0 atom stereocenters. The summed E-state index contributed by atoms with van der Waals surface area (Å²) in [6, 6.07) is 10.9. The molecule has 0 radical (unpaired) electrons. The van der Waals surface area contributed by atoms with Crippen molar-refractivity contribution in [2.24, 2.45) is 0 Å². The summed E-state index contributed by atoms with van der Waals surface area (Å²) in [6.45, 7) is 4.74. The molecular weight excluding hydrogens is 325 g/mol. The molecule has 0 N–H and O–H groups in total. The molecule has 0 unspecified atom stereocenters. The van der Waals surface area contributed by atoms with Crippen molar-refractivity contribution in [2.45, 2.75) is 77.7 Å². The fourth-order valence-electron chi connectivity index (χ4n) is 3.18. The van der Waals surface area contributed by atoms with Crippen molar-refractivity contribution >= 4 is 42.0 Å². The van der Waals surface area contributed by atoms with E-state index in [9.17, 15) is 0 Å². The number of unbranched alkanes of at least 4 members (excludes halogenated alkanes) is 9. The van der Waals surface area contributed by atoms with Gasteiger partial charge >= 0.3 is 29.6 Å². The van der Waals surface area contributed by atoms with Gasteiger partial charge in [0.1, 0.15) is 6.54 Å². The van der Waals surface area contributed by atoms with Crippen LogP contribution in [0.3, 0.4) is 0 Å². The first-order valence-corrected chi connectivity index (χ1v) is 9.50. The monoisotopic (exact) mass is 364 g/mol. The molecular formula is C21H40ClNNa+. The van der Waals surface area contributed by atoms with E-state index in [1.165, 1.54) is 76.3 Å². The molecule has 0 aliphatic rings. The molecule has 24 heavy (non-hydrogen) atoms. The van der Waals surface area contributed by atoms with E-state index in [4.69, 9.17) is 0 Å². The van der Waals surface area contributed by atoms with Crippen LogP contribution in [0.15, 0.2) is 30.3 Å². The van der Waals surface area contributed by atoms with E-state index < -0.39 is 0 Å². The van der Waals surface area contributed by atoms with E-state index in [1.807, 2.05) is 0 Å². The summed E-state index contributed by atoms with van der Waals surface area (Å²) in [4.78, 5) is 0. The molecule has 0 amide bonds. The van der Waals surface area contributed by atoms with Crippen LogP contribution in [0.5, 0.6) is 0 Å². The van der Waals surface area contributed by atoms with Gasteiger partial charge in [0.25, 0.3) is 0 Å². The second kappa shape index (κ2) is 16.9. The Balaban J connectivity index is 0. The van der Waals surface area contributed by atoms with Gasteiger partial charge < -0.3 is 4.48 Å². The zero-order valence-electron chi connectivity index (χ0n) is 15.7. The zero-order valence-corrected chi connectivity index (χ0v) is 16.5. The molecule has 0 spiro atoms. The Morgan fingerprint density at radius 1 is 0.708 bits per heavy atom. The number of hydrogen-bond acceptors (Lipinski definition) is 0. The van der Waals surface area contributed by atoms with Gasteiger partial charge in [0, 0.05) is 5.56 Å². The standard InChI is InChI=1S/C21H38N.ClH.Na.H/c1-4-5-6-7-8-9-10-11-12-16-19-22(2,3)20-21-17-14-13-15-18-21;;;/h13-15,17-18H,4-12,16,19-20H2,1-3H3;1H;;/q+1;;;. The number of benzene rings is 1. The minimum atomic E-state index is 0. The minimum absolute atomic E-state index is 0. The van der Waals surface area contributed by atoms with Crippen molar-refractivity contribution in [3.8, 4) is 0 Å². The summed E-state index contributed by atoms with van der Waals surface area (Å²) in [5.41, 5.74) is 1.46.